The van der Waals surface area contributed by atoms with Gasteiger partial charge in [0.25, 0.3) is 0 Å². The van der Waals surface area contributed by atoms with Gasteiger partial charge in [-0.25, -0.2) is 4.98 Å². The number of aryl methyl sites for hydroxylation is 1. The molecule has 1 aliphatic rings. The molecule has 5 nitrogen and oxygen atoms in total. The monoisotopic (exact) mass is 292 g/mol. The quantitative estimate of drug-likeness (QED) is 0.803. The van der Waals surface area contributed by atoms with Crippen molar-refractivity contribution in [2.45, 2.75) is 45.2 Å². The average molecular weight is 292 g/mol. The van der Waals surface area contributed by atoms with Crippen molar-refractivity contribution in [1.29, 1.82) is 0 Å². The van der Waals surface area contributed by atoms with E-state index in [1.54, 1.807) is 12.5 Å². The summed E-state index contributed by atoms with van der Waals surface area (Å²) >= 11 is 0. The van der Waals surface area contributed by atoms with Crippen molar-refractivity contribution in [3.63, 3.8) is 0 Å². The maximum atomic E-state index is 12.2. The summed E-state index contributed by atoms with van der Waals surface area (Å²) in [5, 5.41) is 0. The molecule has 0 saturated carbocycles. The van der Waals surface area contributed by atoms with Crippen LogP contribution < -0.4 is 0 Å². The van der Waals surface area contributed by atoms with Crippen LogP contribution in [0.3, 0.4) is 0 Å². The van der Waals surface area contributed by atoms with Crippen molar-refractivity contribution in [3.05, 3.63) is 18.7 Å². The second-order valence-electron chi connectivity index (χ2n) is 6.74. The van der Waals surface area contributed by atoms with E-state index in [-0.39, 0.29) is 11.4 Å². The topological polar surface area (TPSA) is 41.4 Å². The van der Waals surface area contributed by atoms with Crippen LogP contribution in [0.4, 0.5) is 0 Å². The average Bonchev–Trinajstić information content (AvgIpc) is 3.02. The molecule has 21 heavy (non-hydrogen) atoms. The number of hydrogen-bond donors (Lipinski definition) is 0. The molecule has 0 aromatic carbocycles. The zero-order valence-electron chi connectivity index (χ0n) is 13.7. The fraction of sp³-hybridized carbons (Fsp3) is 0.750. The maximum absolute atomic E-state index is 12.2. The van der Waals surface area contributed by atoms with E-state index in [9.17, 15) is 4.79 Å². The van der Waals surface area contributed by atoms with Gasteiger partial charge in [-0.3, -0.25) is 4.79 Å². The van der Waals surface area contributed by atoms with E-state index in [0.29, 0.717) is 12.3 Å². The predicted molar refractivity (Wildman–Crippen MR) is 83.9 cm³/mol. The molecule has 2 heterocycles. The Hall–Kier alpha value is -1.36. The van der Waals surface area contributed by atoms with Crippen LogP contribution in [-0.4, -0.2) is 58.0 Å². The Bertz CT molecular complexity index is 455. The smallest absolute Gasteiger partial charge is 0.222 e. The minimum atomic E-state index is 0.186. The number of nitrogens with zero attached hydrogens (tertiary/aromatic N) is 4. The zero-order valence-corrected chi connectivity index (χ0v) is 13.7. The fourth-order valence-electron chi connectivity index (χ4n) is 3.07. The molecule has 2 rings (SSSR count). The summed E-state index contributed by atoms with van der Waals surface area (Å²) in [6, 6.07) is 0. The molecule has 1 amide bonds. The van der Waals surface area contributed by atoms with E-state index >= 15 is 0 Å². The third-order valence-corrected chi connectivity index (χ3v) is 5.08. The van der Waals surface area contributed by atoms with Crippen LogP contribution >= 0.6 is 0 Å². The molecule has 1 atom stereocenters. The van der Waals surface area contributed by atoms with Crippen LogP contribution in [0.2, 0.25) is 0 Å². The van der Waals surface area contributed by atoms with E-state index in [4.69, 9.17) is 0 Å². The second-order valence-corrected chi connectivity index (χ2v) is 6.74. The van der Waals surface area contributed by atoms with Crippen molar-refractivity contribution < 1.29 is 4.79 Å². The summed E-state index contributed by atoms with van der Waals surface area (Å²) in [5.41, 5.74) is 0.186. The third-order valence-electron chi connectivity index (χ3n) is 5.08. The Morgan fingerprint density at radius 1 is 1.48 bits per heavy atom. The largest absolute Gasteiger partial charge is 0.345 e. The van der Waals surface area contributed by atoms with Gasteiger partial charge in [0, 0.05) is 44.5 Å². The van der Waals surface area contributed by atoms with Gasteiger partial charge < -0.3 is 14.4 Å². The standard InChI is InChI=1S/C16H28N4O/c1-16(2)14(7-10-19(16)4)12-18(3)15(21)6-5-9-20-11-8-17-13-20/h8,11,13-14H,5-7,9-10,12H2,1-4H3/t14-/m1/s1. The third kappa shape index (κ3) is 3.84. The van der Waals surface area contributed by atoms with Crippen molar-refractivity contribution in [2.24, 2.45) is 5.92 Å². The first-order valence-electron chi connectivity index (χ1n) is 7.82. The lowest BCUT2D eigenvalue weighted by atomic mass is 9.88. The summed E-state index contributed by atoms with van der Waals surface area (Å²) in [6.45, 7) is 7.41. The Kier molecular flexibility index (Phi) is 5.04. The number of aromatic nitrogens is 2. The molecule has 1 aliphatic heterocycles. The molecule has 1 fully saturated rings. The Morgan fingerprint density at radius 3 is 2.81 bits per heavy atom. The number of carbonyl (C=O) groups is 1. The normalized spacial score (nSPS) is 21.6. The van der Waals surface area contributed by atoms with Gasteiger partial charge in [0.1, 0.15) is 0 Å². The minimum absolute atomic E-state index is 0.186. The lowest BCUT2D eigenvalue weighted by molar-refractivity contribution is -0.130. The van der Waals surface area contributed by atoms with Crippen LogP contribution in [-0.2, 0) is 11.3 Å². The molecule has 0 aliphatic carbocycles. The van der Waals surface area contributed by atoms with Gasteiger partial charge in [-0.05, 0) is 46.2 Å². The number of rotatable bonds is 6. The highest BCUT2D eigenvalue weighted by Crippen LogP contribution is 2.33. The number of imidazole rings is 1. The van der Waals surface area contributed by atoms with Gasteiger partial charge in [0.15, 0.2) is 0 Å². The number of hydrogen-bond acceptors (Lipinski definition) is 3. The van der Waals surface area contributed by atoms with Gasteiger partial charge in [-0.15, -0.1) is 0 Å². The van der Waals surface area contributed by atoms with E-state index in [0.717, 1.165) is 26.1 Å². The molecule has 0 N–H and O–H groups in total. The summed E-state index contributed by atoms with van der Waals surface area (Å²) < 4.78 is 2.02. The van der Waals surface area contributed by atoms with Gasteiger partial charge >= 0.3 is 0 Å². The Balaban J connectivity index is 1.75. The van der Waals surface area contributed by atoms with Crippen LogP contribution in [0, 0.1) is 5.92 Å². The van der Waals surface area contributed by atoms with Gasteiger partial charge in [-0.1, -0.05) is 0 Å². The van der Waals surface area contributed by atoms with Crippen LogP contribution in [0.15, 0.2) is 18.7 Å². The molecule has 0 unspecified atom stereocenters. The van der Waals surface area contributed by atoms with Gasteiger partial charge in [0.2, 0.25) is 5.91 Å². The molecule has 118 valence electrons. The van der Waals surface area contributed by atoms with Crippen molar-refractivity contribution in [2.75, 3.05) is 27.2 Å². The number of amides is 1. The SMILES string of the molecule is CN(C[C@H]1CCN(C)C1(C)C)C(=O)CCCn1ccnc1. The van der Waals surface area contributed by atoms with E-state index in [1.807, 2.05) is 22.7 Å². The molecular weight excluding hydrogens is 264 g/mol. The molecule has 1 aromatic heterocycles. The fourth-order valence-corrected chi connectivity index (χ4v) is 3.07. The predicted octanol–water partition coefficient (Wildman–Crippen LogP) is 1.85. The molecule has 1 saturated heterocycles. The van der Waals surface area contributed by atoms with Gasteiger partial charge in [-0.2, -0.15) is 0 Å². The van der Waals surface area contributed by atoms with Crippen molar-refractivity contribution in [3.8, 4) is 0 Å². The van der Waals surface area contributed by atoms with E-state index < -0.39 is 0 Å². The summed E-state index contributed by atoms with van der Waals surface area (Å²) in [5.74, 6) is 0.811. The molecule has 0 radical (unpaired) electrons. The number of likely N-dealkylation sites (tertiary alicyclic amines) is 1. The highest BCUT2D eigenvalue weighted by Gasteiger charge is 2.39. The van der Waals surface area contributed by atoms with Crippen LogP contribution in [0.25, 0.3) is 0 Å². The van der Waals surface area contributed by atoms with E-state index in [2.05, 4.69) is 30.8 Å². The first-order valence-corrected chi connectivity index (χ1v) is 7.82. The minimum Gasteiger partial charge on any atom is -0.345 e. The Morgan fingerprint density at radius 2 is 2.24 bits per heavy atom. The van der Waals surface area contributed by atoms with Crippen molar-refractivity contribution in [1.82, 2.24) is 19.4 Å². The van der Waals surface area contributed by atoms with E-state index in [1.165, 1.54) is 6.42 Å². The molecule has 0 bridgehead atoms. The maximum Gasteiger partial charge on any atom is 0.222 e. The highest BCUT2D eigenvalue weighted by molar-refractivity contribution is 5.75. The molecule has 1 aromatic rings. The summed E-state index contributed by atoms with van der Waals surface area (Å²) in [4.78, 5) is 20.6. The lowest BCUT2D eigenvalue weighted by Gasteiger charge is -2.35. The Labute approximate surface area is 127 Å². The lowest BCUT2D eigenvalue weighted by Crippen LogP contribution is -2.44. The highest BCUT2D eigenvalue weighted by atomic mass is 16.2. The zero-order chi connectivity index (χ0) is 15.5. The van der Waals surface area contributed by atoms with Crippen LogP contribution in [0.5, 0.6) is 0 Å². The summed E-state index contributed by atoms with van der Waals surface area (Å²) in [7, 11) is 4.11. The second kappa shape index (κ2) is 6.60. The first kappa shape index (κ1) is 16.0. The van der Waals surface area contributed by atoms with Crippen molar-refractivity contribution >= 4 is 5.91 Å². The molecular formula is C16H28N4O. The number of carbonyl (C=O) groups excluding carboxylic acids is 1. The first-order chi connectivity index (χ1) is 9.91. The molecule has 5 heteroatoms. The van der Waals surface area contributed by atoms with Gasteiger partial charge in [0.05, 0.1) is 6.33 Å². The summed E-state index contributed by atoms with van der Waals surface area (Å²) in [6.07, 6.45) is 8.16. The molecule has 0 spiro atoms. The van der Waals surface area contributed by atoms with Crippen LogP contribution in [0.1, 0.15) is 33.1 Å².